The first-order chi connectivity index (χ1) is 14.3. The fourth-order valence-electron chi connectivity index (χ4n) is 3.31. The summed E-state index contributed by atoms with van der Waals surface area (Å²) in [5, 5.41) is 16.7. The molecule has 154 valence electrons. The van der Waals surface area contributed by atoms with Crippen molar-refractivity contribution in [1.29, 1.82) is 0 Å². The van der Waals surface area contributed by atoms with Gasteiger partial charge in [-0.1, -0.05) is 25.1 Å². The van der Waals surface area contributed by atoms with Crippen molar-refractivity contribution in [2.24, 2.45) is 0 Å². The number of nitrogens with zero attached hydrogens (tertiary/aromatic N) is 4. The second kappa shape index (κ2) is 7.38. The van der Waals surface area contributed by atoms with Gasteiger partial charge in [-0.25, -0.2) is 18.1 Å². The SMILES string of the molecule is CCCn1nc(NS(=O)(=O)c2ccc([N+](=O)[O-])cc2)c2cc3cccc(C)c3nc21. The summed E-state index contributed by atoms with van der Waals surface area (Å²) in [5.74, 6) is 0.174. The number of aryl methyl sites for hydroxylation is 2. The first kappa shape index (κ1) is 19.8. The van der Waals surface area contributed by atoms with Gasteiger partial charge in [-0.15, -0.1) is 0 Å². The van der Waals surface area contributed by atoms with E-state index in [0.717, 1.165) is 35.0 Å². The molecule has 30 heavy (non-hydrogen) atoms. The van der Waals surface area contributed by atoms with Crippen LogP contribution in [0.2, 0.25) is 0 Å². The standard InChI is InChI=1S/C20H19N5O4S/c1-3-11-24-20-17(12-14-6-4-5-13(2)18(14)21-20)19(22-24)23-30(28,29)16-9-7-15(8-10-16)25(26)27/h4-10,12H,3,11H2,1-2H3,(H,22,23). The molecule has 4 aromatic rings. The number of nitro benzene ring substituents is 1. The first-order valence-electron chi connectivity index (χ1n) is 9.34. The fraction of sp³-hybridized carbons (Fsp3) is 0.200. The van der Waals surface area contributed by atoms with Crippen molar-refractivity contribution in [2.75, 3.05) is 4.72 Å². The van der Waals surface area contributed by atoms with E-state index in [1.807, 2.05) is 38.1 Å². The molecule has 0 bridgehead atoms. The topological polar surface area (TPSA) is 120 Å². The number of rotatable bonds is 6. The maximum absolute atomic E-state index is 12.9. The van der Waals surface area contributed by atoms with E-state index in [1.54, 1.807) is 4.68 Å². The molecular weight excluding hydrogens is 406 g/mol. The lowest BCUT2D eigenvalue weighted by molar-refractivity contribution is -0.384. The molecule has 0 saturated heterocycles. The summed E-state index contributed by atoms with van der Waals surface area (Å²) in [6, 6.07) is 12.4. The highest BCUT2D eigenvalue weighted by Crippen LogP contribution is 2.29. The molecule has 4 rings (SSSR count). The second-order valence-corrected chi connectivity index (χ2v) is 8.62. The number of hydrogen-bond donors (Lipinski definition) is 1. The summed E-state index contributed by atoms with van der Waals surface area (Å²) in [7, 11) is -3.99. The van der Waals surface area contributed by atoms with Gasteiger partial charge in [0.05, 0.1) is 20.7 Å². The predicted octanol–water partition coefficient (Wildman–Crippen LogP) is 4.01. The third-order valence-electron chi connectivity index (χ3n) is 4.77. The van der Waals surface area contributed by atoms with E-state index in [4.69, 9.17) is 4.98 Å². The van der Waals surface area contributed by atoms with Gasteiger partial charge in [0.1, 0.15) is 0 Å². The monoisotopic (exact) mass is 425 g/mol. The Hall–Kier alpha value is -3.53. The van der Waals surface area contributed by atoms with Crippen LogP contribution in [0, 0.1) is 17.0 Å². The van der Waals surface area contributed by atoms with Crippen LogP contribution in [-0.2, 0) is 16.6 Å². The highest BCUT2D eigenvalue weighted by atomic mass is 32.2. The molecule has 1 N–H and O–H groups in total. The van der Waals surface area contributed by atoms with Crippen molar-refractivity contribution >= 4 is 43.5 Å². The molecule has 2 aromatic heterocycles. The van der Waals surface area contributed by atoms with Crippen LogP contribution in [0.3, 0.4) is 0 Å². The second-order valence-electron chi connectivity index (χ2n) is 6.93. The molecule has 2 aromatic carbocycles. The number of anilines is 1. The van der Waals surface area contributed by atoms with E-state index in [-0.39, 0.29) is 16.4 Å². The zero-order chi connectivity index (χ0) is 21.5. The van der Waals surface area contributed by atoms with E-state index in [2.05, 4.69) is 9.82 Å². The van der Waals surface area contributed by atoms with Crippen molar-refractivity contribution in [1.82, 2.24) is 14.8 Å². The van der Waals surface area contributed by atoms with Gasteiger partial charge in [0.25, 0.3) is 15.7 Å². The summed E-state index contributed by atoms with van der Waals surface area (Å²) in [4.78, 5) is 14.9. The fourth-order valence-corrected chi connectivity index (χ4v) is 4.32. The molecule has 0 aliphatic heterocycles. The normalized spacial score (nSPS) is 11.8. The Labute approximate surface area is 172 Å². The number of nitrogens with one attached hydrogen (secondary N) is 1. The average Bonchev–Trinajstić information content (AvgIpc) is 3.03. The Bertz CT molecular complexity index is 1380. The number of hydrogen-bond acceptors (Lipinski definition) is 6. The predicted molar refractivity (Wildman–Crippen MR) is 114 cm³/mol. The molecule has 0 spiro atoms. The number of sulfonamides is 1. The molecule has 0 aliphatic rings. The van der Waals surface area contributed by atoms with Gasteiger partial charge in [0.15, 0.2) is 11.5 Å². The number of pyridine rings is 1. The van der Waals surface area contributed by atoms with Gasteiger partial charge in [0, 0.05) is 24.1 Å². The van der Waals surface area contributed by atoms with Crippen molar-refractivity contribution in [2.45, 2.75) is 31.7 Å². The minimum atomic E-state index is -3.99. The quantitative estimate of drug-likeness (QED) is 0.368. The molecule has 0 fully saturated rings. The summed E-state index contributed by atoms with van der Waals surface area (Å²) in [6.07, 6.45) is 0.804. The third kappa shape index (κ3) is 3.45. The maximum Gasteiger partial charge on any atom is 0.269 e. The molecule has 0 unspecified atom stereocenters. The first-order valence-corrected chi connectivity index (χ1v) is 10.8. The summed E-state index contributed by atoms with van der Waals surface area (Å²) >= 11 is 0. The van der Waals surface area contributed by atoms with Gasteiger partial charge in [-0.3, -0.25) is 14.8 Å². The minimum Gasteiger partial charge on any atom is -0.261 e. The summed E-state index contributed by atoms with van der Waals surface area (Å²) in [6.45, 7) is 4.56. The van der Waals surface area contributed by atoms with Crippen LogP contribution >= 0.6 is 0 Å². The summed E-state index contributed by atoms with van der Waals surface area (Å²) < 4.78 is 29.9. The van der Waals surface area contributed by atoms with E-state index in [1.165, 1.54) is 12.1 Å². The minimum absolute atomic E-state index is 0.0871. The molecule has 10 heteroatoms. The number of non-ortho nitro benzene ring substituents is 1. The van der Waals surface area contributed by atoms with Crippen LogP contribution in [0.1, 0.15) is 18.9 Å². The van der Waals surface area contributed by atoms with Crippen molar-refractivity contribution in [3.63, 3.8) is 0 Å². The van der Waals surface area contributed by atoms with E-state index in [9.17, 15) is 18.5 Å². The van der Waals surface area contributed by atoms with Crippen LogP contribution in [0.25, 0.3) is 21.9 Å². The Morgan fingerprint density at radius 2 is 1.90 bits per heavy atom. The number of fused-ring (bicyclic) bond motifs is 2. The maximum atomic E-state index is 12.9. The largest absolute Gasteiger partial charge is 0.269 e. The molecule has 0 atom stereocenters. The van der Waals surface area contributed by atoms with Crippen LogP contribution in [-0.4, -0.2) is 28.1 Å². The van der Waals surface area contributed by atoms with Gasteiger partial charge in [0.2, 0.25) is 0 Å². The third-order valence-corrected chi connectivity index (χ3v) is 6.13. The summed E-state index contributed by atoms with van der Waals surface area (Å²) in [5.41, 5.74) is 2.27. The van der Waals surface area contributed by atoms with Crippen molar-refractivity contribution in [3.05, 3.63) is 64.2 Å². The zero-order valence-corrected chi connectivity index (χ0v) is 17.2. The Morgan fingerprint density at radius 3 is 2.57 bits per heavy atom. The lowest BCUT2D eigenvalue weighted by Crippen LogP contribution is -2.14. The highest BCUT2D eigenvalue weighted by molar-refractivity contribution is 7.92. The smallest absolute Gasteiger partial charge is 0.261 e. The molecule has 2 heterocycles. The highest BCUT2D eigenvalue weighted by Gasteiger charge is 2.21. The molecular formula is C20H19N5O4S. The van der Waals surface area contributed by atoms with Crippen LogP contribution < -0.4 is 4.72 Å². The average molecular weight is 425 g/mol. The number of nitro groups is 1. The van der Waals surface area contributed by atoms with Crippen LogP contribution in [0.4, 0.5) is 11.5 Å². The van der Waals surface area contributed by atoms with E-state index < -0.39 is 14.9 Å². The Balaban J connectivity index is 1.82. The van der Waals surface area contributed by atoms with Crippen molar-refractivity contribution in [3.8, 4) is 0 Å². The van der Waals surface area contributed by atoms with Crippen LogP contribution in [0.5, 0.6) is 0 Å². The Kier molecular flexibility index (Phi) is 4.86. The van der Waals surface area contributed by atoms with Crippen molar-refractivity contribution < 1.29 is 13.3 Å². The van der Waals surface area contributed by atoms with Gasteiger partial charge in [-0.05, 0) is 37.1 Å². The molecule has 0 saturated carbocycles. The number of benzene rings is 2. The van der Waals surface area contributed by atoms with E-state index in [0.29, 0.717) is 17.6 Å². The zero-order valence-electron chi connectivity index (χ0n) is 16.4. The molecule has 0 radical (unpaired) electrons. The lowest BCUT2D eigenvalue weighted by Gasteiger charge is -2.06. The molecule has 0 aliphatic carbocycles. The van der Waals surface area contributed by atoms with Gasteiger partial charge >= 0.3 is 0 Å². The molecule has 9 nitrogen and oxygen atoms in total. The van der Waals surface area contributed by atoms with E-state index >= 15 is 0 Å². The Morgan fingerprint density at radius 1 is 1.17 bits per heavy atom. The van der Waals surface area contributed by atoms with Gasteiger partial charge < -0.3 is 0 Å². The van der Waals surface area contributed by atoms with Crippen LogP contribution in [0.15, 0.2) is 53.4 Å². The lowest BCUT2D eigenvalue weighted by atomic mass is 10.1. The number of aromatic nitrogens is 3. The molecule has 0 amide bonds. The van der Waals surface area contributed by atoms with Gasteiger partial charge in [-0.2, -0.15) is 5.10 Å². The number of para-hydroxylation sites is 1.